The van der Waals surface area contributed by atoms with E-state index in [1.54, 1.807) is 0 Å². The minimum Gasteiger partial charge on any atom is -0.352 e. The van der Waals surface area contributed by atoms with Crippen LogP contribution in [0.15, 0.2) is 54.6 Å². The number of carbonyl (C=O) groups is 2. The van der Waals surface area contributed by atoms with Gasteiger partial charge in [-0.1, -0.05) is 44.2 Å². The van der Waals surface area contributed by atoms with E-state index in [-0.39, 0.29) is 23.8 Å². The van der Waals surface area contributed by atoms with Gasteiger partial charge in [-0.05, 0) is 61.7 Å². The van der Waals surface area contributed by atoms with Crippen LogP contribution in [-0.4, -0.2) is 42.4 Å². The van der Waals surface area contributed by atoms with Gasteiger partial charge < -0.3 is 10.6 Å². The first-order valence-corrected chi connectivity index (χ1v) is 10.6. The maximum atomic E-state index is 13.1. The molecule has 160 valence electrons. The molecule has 2 N–H and O–H groups in total. The van der Waals surface area contributed by atoms with Crippen LogP contribution in [0.3, 0.4) is 0 Å². The molecule has 2 atom stereocenters. The van der Waals surface area contributed by atoms with Gasteiger partial charge in [-0.3, -0.25) is 14.5 Å². The zero-order valence-corrected chi connectivity index (χ0v) is 17.6. The summed E-state index contributed by atoms with van der Waals surface area (Å²) in [6.07, 6.45) is 2.33. The molecule has 2 aromatic rings. The highest BCUT2D eigenvalue weighted by Crippen LogP contribution is 2.24. The molecule has 0 saturated carbocycles. The fourth-order valence-corrected chi connectivity index (χ4v) is 3.85. The predicted molar refractivity (Wildman–Crippen MR) is 115 cm³/mol. The first-order chi connectivity index (χ1) is 14.5. The lowest BCUT2D eigenvalue weighted by Gasteiger charge is -2.29. The molecule has 2 aromatic carbocycles. The van der Waals surface area contributed by atoms with Crippen molar-refractivity contribution in [2.45, 2.75) is 38.8 Å². The van der Waals surface area contributed by atoms with Crippen molar-refractivity contribution in [1.82, 2.24) is 15.5 Å². The van der Waals surface area contributed by atoms with Crippen LogP contribution >= 0.6 is 0 Å². The van der Waals surface area contributed by atoms with E-state index < -0.39 is 11.9 Å². The third-order valence-electron chi connectivity index (χ3n) is 5.58. The number of halogens is 1. The van der Waals surface area contributed by atoms with Crippen molar-refractivity contribution in [2.24, 2.45) is 5.92 Å². The van der Waals surface area contributed by atoms with Crippen molar-refractivity contribution in [1.29, 1.82) is 0 Å². The molecule has 6 heteroatoms. The van der Waals surface area contributed by atoms with Crippen molar-refractivity contribution in [3.05, 3.63) is 71.5 Å². The number of hydrogen-bond donors (Lipinski definition) is 2. The standard InChI is InChI=1S/C24H30FN3O2/c1-17(2)22(27-23(29)19-10-12-20(25)13-11-19)24(30)26-16-21(28-14-6-7-15-28)18-8-4-3-5-9-18/h3-5,8-13,17,21-22H,6-7,14-16H2,1-2H3,(H,26,30)(H,27,29)/t21-,22+/m1/s1. The van der Waals surface area contributed by atoms with E-state index in [9.17, 15) is 14.0 Å². The summed E-state index contributed by atoms with van der Waals surface area (Å²) in [6.45, 7) is 6.31. The summed E-state index contributed by atoms with van der Waals surface area (Å²) in [5.41, 5.74) is 1.50. The first kappa shape index (κ1) is 22.0. The molecule has 0 aliphatic carbocycles. The van der Waals surface area contributed by atoms with Crippen LogP contribution in [0.5, 0.6) is 0 Å². The Bertz CT molecular complexity index is 833. The Labute approximate surface area is 177 Å². The number of rotatable bonds is 8. The summed E-state index contributed by atoms with van der Waals surface area (Å²) in [5, 5.41) is 5.85. The number of amides is 2. The van der Waals surface area contributed by atoms with E-state index in [4.69, 9.17) is 0 Å². The topological polar surface area (TPSA) is 61.4 Å². The smallest absolute Gasteiger partial charge is 0.251 e. The second-order valence-electron chi connectivity index (χ2n) is 8.12. The van der Waals surface area contributed by atoms with Gasteiger partial charge in [-0.15, -0.1) is 0 Å². The van der Waals surface area contributed by atoms with E-state index in [0.29, 0.717) is 12.1 Å². The van der Waals surface area contributed by atoms with Crippen molar-refractivity contribution in [3.8, 4) is 0 Å². The third-order valence-corrected chi connectivity index (χ3v) is 5.58. The molecular weight excluding hydrogens is 381 g/mol. The molecule has 0 bridgehead atoms. The zero-order chi connectivity index (χ0) is 21.5. The highest BCUT2D eigenvalue weighted by atomic mass is 19.1. The number of benzene rings is 2. The lowest BCUT2D eigenvalue weighted by Crippen LogP contribution is -2.51. The Balaban J connectivity index is 1.66. The molecule has 5 nitrogen and oxygen atoms in total. The van der Waals surface area contributed by atoms with Gasteiger partial charge in [0.25, 0.3) is 5.91 Å². The zero-order valence-electron chi connectivity index (χ0n) is 17.6. The number of carbonyl (C=O) groups excluding carboxylic acids is 2. The van der Waals surface area contributed by atoms with Gasteiger partial charge in [0.15, 0.2) is 0 Å². The lowest BCUT2D eigenvalue weighted by molar-refractivity contribution is -0.124. The molecule has 0 aromatic heterocycles. The van der Waals surface area contributed by atoms with E-state index >= 15 is 0 Å². The number of likely N-dealkylation sites (tertiary alicyclic amines) is 1. The summed E-state index contributed by atoms with van der Waals surface area (Å²) in [6, 6.07) is 14.9. The van der Waals surface area contributed by atoms with Gasteiger partial charge in [-0.25, -0.2) is 4.39 Å². The molecular formula is C24H30FN3O2. The number of hydrogen-bond acceptors (Lipinski definition) is 3. The fraction of sp³-hybridized carbons (Fsp3) is 0.417. The maximum absolute atomic E-state index is 13.1. The summed E-state index contributed by atoms with van der Waals surface area (Å²) >= 11 is 0. The lowest BCUT2D eigenvalue weighted by atomic mass is 10.0. The number of nitrogens with zero attached hydrogens (tertiary/aromatic N) is 1. The van der Waals surface area contributed by atoms with Crippen LogP contribution in [0.4, 0.5) is 4.39 Å². The molecule has 30 heavy (non-hydrogen) atoms. The van der Waals surface area contributed by atoms with Crippen molar-refractivity contribution >= 4 is 11.8 Å². The Morgan fingerprint density at radius 3 is 2.23 bits per heavy atom. The largest absolute Gasteiger partial charge is 0.352 e. The Kier molecular flexibility index (Phi) is 7.57. The quantitative estimate of drug-likeness (QED) is 0.699. The van der Waals surface area contributed by atoms with Gasteiger partial charge in [0.2, 0.25) is 5.91 Å². The highest BCUT2D eigenvalue weighted by molar-refractivity contribution is 5.97. The van der Waals surface area contributed by atoms with Gasteiger partial charge in [0.1, 0.15) is 11.9 Å². The molecule has 2 amide bonds. The van der Waals surface area contributed by atoms with E-state index in [1.165, 1.54) is 42.7 Å². The molecule has 1 fully saturated rings. The number of nitrogens with one attached hydrogen (secondary N) is 2. The molecule has 0 radical (unpaired) electrons. The highest BCUT2D eigenvalue weighted by Gasteiger charge is 2.28. The van der Waals surface area contributed by atoms with Crippen molar-refractivity contribution in [2.75, 3.05) is 19.6 Å². The van der Waals surface area contributed by atoms with Gasteiger partial charge in [-0.2, -0.15) is 0 Å². The maximum Gasteiger partial charge on any atom is 0.251 e. The monoisotopic (exact) mass is 411 g/mol. The van der Waals surface area contributed by atoms with Gasteiger partial charge in [0, 0.05) is 12.1 Å². The second-order valence-corrected chi connectivity index (χ2v) is 8.12. The van der Waals surface area contributed by atoms with Crippen LogP contribution in [0, 0.1) is 11.7 Å². The van der Waals surface area contributed by atoms with Crippen LogP contribution in [-0.2, 0) is 4.79 Å². The second kappa shape index (κ2) is 10.3. The van der Waals surface area contributed by atoms with Gasteiger partial charge >= 0.3 is 0 Å². The Morgan fingerprint density at radius 1 is 1.00 bits per heavy atom. The van der Waals surface area contributed by atoms with Crippen LogP contribution in [0.25, 0.3) is 0 Å². The van der Waals surface area contributed by atoms with Crippen LogP contribution in [0.2, 0.25) is 0 Å². The molecule has 1 saturated heterocycles. The average Bonchev–Trinajstić information content (AvgIpc) is 3.27. The Morgan fingerprint density at radius 2 is 1.63 bits per heavy atom. The van der Waals surface area contributed by atoms with Crippen LogP contribution < -0.4 is 10.6 Å². The predicted octanol–water partition coefficient (Wildman–Crippen LogP) is 3.53. The fourth-order valence-electron chi connectivity index (χ4n) is 3.85. The SMILES string of the molecule is CC(C)[C@H](NC(=O)c1ccc(F)cc1)C(=O)NC[C@H](c1ccccc1)N1CCCC1. The summed E-state index contributed by atoms with van der Waals surface area (Å²) < 4.78 is 13.1. The molecule has 1 aliphatic rings. The van der Waals surface area contributed by atoms with Gasteiger partial charge in [0.05, 0.1) is 6.04 Å². The first-order valence-electron chi connectivity index (χ1n) is 10.6. The van der Waals surface area contributed by atoms with Crippen LogP contribution in [0.1, 0.15) is 48.7 Å². The molecule has 0 unspecified atom stereocenters. The molecule has 1 aliphatic heterocycles. The summed E-state index contributed by atoms with van der Waals surface area (Å²) in [5.74, 6) is -1.08. The van der Waals surface area contributed by atoms with Crippen molar-refractivity contribution < 1.29 is 14.0 Å². The minimum absolute atomic E-state index is 0.0867. The molecule has 0 spiro atoms. The third kappa shape index (κ3) is 5.66. The molecule has 1 heterocycles. The normalized spacial score (nSPS) is 16.3. The Hall–Kier alpha value is -2.73. The molecule has 3 rings (SSSR count). The van der Waals surface area contributed by atoms with E-state index in [0.717, 1.165) is 13.1 Å². The summed E-state index contributed by atoms with van der Waals surface area (Å²) in [7, 11) is 0. The van der Waals surface area contributed by atoms with E-state index in [1.807, 2.05) is 32.0 Å². The van der Waals surface area contributed by atoms with Crippen molar-refractivity contribution in [3.63, 3.8) is 0 Å². The minimum atomic E-state index is -0.669. The summed E-state index contributed by atoms with van der Waals surface area (Å²) in [4.78, 5) is 27.9. The van der Waals surface area contributed by atoms with E-state index in [2.05, 4.69) is 27.7 Å². The average molecular weight is 412 g/mol.